The molecule has 0 aromatic heterocycles. The minimum absolute atomic E-state index is 0.0319. The number of amides is 1. The first kappa shape index (κ1) is 29.1. The fourth-order valence-electron chi connectivity index (χ4n) is 4.11. The lowest BCUT2D eigenvalue weighted by Gasteiger charge is -2.33. The molecule has 1 heterocycles. The van der Waals surface area contributed by atoms with Crippen molar-refractivity contribution in [1.29, 1.82) is 0 Å². The minimum Gasteiger partial charge on any atom is -0.481 e. The van der Waals surface area contributed by atoms with Gasteiger partial charge >= 0.3 is 18.2 Å². The van der Waals surface area contributed by atoms with Crippen LogP contribution in [-0.2, 0) is 25.7 Å². The number of hydrogen-bond donors (Lipinski definition) is 1. The molecule has 1 aliphatic heterocycles. The summed E-state index contributed by atoms with van der Waals surface area (Å²) in [5.74, 6) is -3.14. The van der Waals surface area contributed by atoms with E-state index in [1.54, 1.807) is 0 Å². The Labute approximate surface area is 215 Å². The van der Waals surface area contributed by atoms with E-state index < -0.39 is 68.7 Å². The average Bonchev–Trinajstić information content (AvgIpc) is 2.84. The van der Waals surface area contributed by atoms with Crippen LogP contribution in [0.4, 0.5) is 32.4 Å². The maximum atomic E-state index is 14.7. The van der Waals surface area contributed by atoms with Gasteiger partial charge in [-0.2, -0.15) is 13.2 Å². The Bertz CT molecular complexity index is 1260. The fourth-order valence-corrected chi connectivity index (χ4v) is 5.75. The molecule has 0 aliphatic carbocycles. The van der Waals surface area contributed by atoms with Crippen molar-refractivity contribution >= 4 is 27.8 Å². The van der Waals surface area contributed by atoms with Crippen molar-refractivity contribution in [2.24, 2.45) is 5.92 Å². The van der Waals surface area contributed by atoms with E-state index in [9.17, 15) is 40.0 Å². The van der Waals surface area contributed by atoms with Gasteiger partial charge in [-0.1, -0.05) is 0 Å². The topological polar surface area (TPSA) is 104 Å². The molecule has 1 aliphatic rings. The summed E-state index contributed by atoms with van der Waals surface area (Å²) in [5, 5.41) is 8.91. The van der Waals surface area contributed by atoms with Crippen LogP contribution in [0.3, 0.4) is 0 Å². The van der Waals surface area contributed by atoms with E-state index in [1.165, 1.54) is 11.8 Å². The molecule has 8 nitrogen and oxygen atoms in total. The second-order valence-corrected chi connectivity index (χ2v) is 10.7. The Kier molecular flexibility index (Phi) is 8.85. The second kappa shape index (κ2) is 11.5. The molecule has 0 radical (unpaired) electrons. The maximum Gasteiger partial charge on any atom is 0.416 e. The largest absolute Gasteiger partial charge is 0.481 e. The van der Waals surface area contributed by atoms with Crippen LogP contribution in [0.2, 0.25) is 0 Å². The summed E-state index contributed by atoms with van der Waals surface area (Å²) in [4.78, 5) is 24.1. The summed E-state index contributed by atoms with van der Waals surface area (Å²) in [7, 11) is -4.75. The number of hydrogen-bond acceptors (Lipinski definition) is 5. The highest BCUT2D eigenvalue weighted by atomic mass is 32.2. The molecule has 2 aromatic carbocycles. The van der Waals surface area contributed by atoms with E-state index in [0.29, 0.717) is 53.5 Å². The van der Waals surface area contributed by atoms with Crippen LogP contribution in [0, 0.1) is 17.6 Å². The standard InChI is InChI=1S/C24H25F5N2O6S/c1-15(14-37-23(34)30-10-8-16(9-11-30)12-22(32)33)31(21-13-18(25)4-7-20(21)26)38(35,36)19-5-2-17(3-6-19)24(27,28)29/h2-7,13,15-16H,8-12,14H2,1H3,(H,32,33)/t15-/m1/s1. The van der Waals surface area contributed by atoms with Crippen molar-refractivity contribution in [2.75, 3.05) is 24.0 Å². The van der Waals surface area contributed by atoms with Crippen molar-refractivity contribution < 1.29 is 49.8 Å². The molecule has 208 valence electrons. The normalized spacial score (nSPS) is 15.7. The van der Waals surface area contributed by atoms with E-state index in [4.69, 9.17) is 9.84 Å². The van der Waals surface area contributed by atoms with Gasteiger partial charge in [-0.3, -0.25) is 9.10 Å². The van der Waals surface area contributed by atoms with Gasteiger partial charge in [0, 0.05) is 25.6 Å². The summed E-state index contributed by atoms with van der Waals surface area (Å²) >= 11 is 0. The number of nitrogens with zero attached hydrogens (tertiary/aromatic N) is 2. The van der Waals surface area contributed by atoms with Gasteiger partial charge in [0.25, 0.3) is 10.0 Å². The van der Waals surface area contributed by atoms with Gasteiger partial charge in [-0.05, 0) is 62.1 Å². The van der Waals surface area contributed by atoms with E-state index in [-0.39, 0.29) is 25.4 Å². The molecule has 1 N–H and O–H groups in total. The number of anilines is 1. The number of ether oxygens (including phenoxy) is 1. The van der Waals surface area contributed by atoms with Crippen LogP contribution in [0.5, 0.6) is 0 Å². The number of carbonyl (C=O) groups is 2. The highest BCUT2D eigenvalue weighted by Crippen LogP contribution is 2.33. The van der Waals surface area contributed by atoms with Crippen LogP contribution in [-0.4, -0.2) is 56.2 Å². The lowest BCUT2D eigenvalue weighted by molar-refractivity contribution is -0.139. The summed E-state index contributed by atoms with van der Waals surface area (Å²) in [6.45, 7) is 1.11. The van der Waals surface area contributed by atoms with E-state index in [2.05, 4.69) is 0 Å². The number of piperidine rings is 1. The number of benzene rings is 2. The predicted molar refractivity (Wildman–Crippen MR) is 125 cm³/mol. The number of carbonyl (C=O) groups excluding carboxylic acids is 1. The number of carboxylic acids is 1. The van der Waals surface area contributed by atoms with Crippen molar-refractivity contribution in [1.82, 2.24) is 4.90 Å². The highest BCUT2D eigenvalue weighted by Gasteiger charge is 2.35. The first-order valence-electron chi connectivity index (χ1n) is 11.5. The van der Waals surface area contributed by atoms with Crippen molar-refractivity contribution in [2.45, 2.75) is 43.3 Å². The molecule has 1 atom stereocenters. The molecule has 2 aromatic rings. The minimum atomic E-state index is -4.75. The lowest BCUT2D eigenvalue weighted by Crippen LogP contribution is -2.44. The second-order valence-electron chi connectivity index (χ2n) is 8.87. The smallest absolute Gasteiger partial charge is 0.416 e. The van der Waals surface area contributed by atoms with Gasteiger partial charge in [0.2, 0.25) is 0 Å². The summed E-state index contributed by atoms with van der Waals surface area (Å²) in [5.41, 5.74) is -1.82. The maximum absolute atomic E-state index is 14.7. The molecule has 14 heteroatoms. The van der Waals surface area contributed by atoms with Gasteiger partial charge in [0.15, 0.2) is 0 Å². The van der Waals surface area contributed by atoms with Gasteiger partial charge in [0.05, 0.1) is 22.2 Å². The Morgan fingerprint density at radius 2 is 1.71 bits per heavy atom. The predicted octanol–water partition coefficient (Wildman–Crippen LogP) is 4.89. The molecular weight excluding hydrogens is 539 g/mol. The zero-order valence-electron chi connectivity index (χ0n) is 20.1. The van der Waals surface area contributed by atoms with Gasteiger partial charge in [-0.15, -0.1) is 0 Å². The zero-order chi connectivity index (χ0) is 28.3. The number of halogens is 5. The molecular formula is C24H25F5N2O6S. The molecule has 3 rings (SSSR count). The molecule has 0 unspecified atom stereocenters. The molecule has 1 saturated heterocycles. The van der Waals surface area contributed by atoms with Crippen molar-refractivity contribution in [3.8, 4) is 0 Å². The highest BCUT2D eigenvalue weighted by molar-refractivity contribution is 7.92. The van der Waals surface area contributed by atoms with E-state index >= 15 is 0 Å². The van der Waals surface area contributed by atoms with E-state index in [0.717, 1.165) is 6.07 Å². The van der Waals surface area contributed by atoms with Gasteiger partial charge < -0.3 is 14.7 Å². The number of alkyl halides is 3. The molecule has 1 amide bonds. The van der Waals surface area contributed by atoms with E-state index in [1.807, 2.05) is 0 Å². The van der Waals surface area contributed by atoms with Crippen LogP contribution in [0.15, 0.2) is 47.4 Å². The van der Waals surface area contributed by atoms with Crippen LogP contribution >= 0.6 is 0 Å². The third kappa shape index (κ3) is 6.91. The zero-order valence-corrected chi connectivity index (χ0v) is 20.9. The van der Waals surface area contributed by atoms with Gasteiger partial charge in [-0.25, -0.2) is 22.0 Å². The third-order valence-electron chi connectivity index (χ3n) is 6.07. The Morgan fingerprint density at radius 3 is 2.26 bits per heavy atom. The Morgan fingerprint density at radius 1 is 1.11 bits per heavy atom. The molecule has 0 spiro atoms. The number of sulfonamides is 1. The first-order valence-corrected chi connectivity index (χ1v) is 12.9. The molecule has 1 fully saturated rings. The fraction of sp³-hybridized carbons (Fsp3) is 0.417. The van der Waals surface area contributed by atoms with Crippen LogP contribution < -0.4 is 4.31 Å². The molecule has 0 saturated carbocycles. The van der Waals surface area contributed by atoms with Gasteiger partial charge in [0.1, 0.15) is 18.2 Å². The van der Waals surface area contributed by atoms with Crippen molar-refractivity contribution in [3.05, 3.63) is 59.7 Å². The SMILES string of the molecule is C[C@H](COC(=O)N1CCC(CC(=O)O)CC1)N(c1cc(F)ccc1F)S(=O)(=O)c1ccc(C(F)(F)F)cc1. The monoisotopic (exact) mass is 564 g/mol. The number of aliphatic carboxylic acids is 1. The molecule has 38 heavy (non-hydrogen) atoms. The Balaban J connectivity index is 1.82. The summed E-state index contributed by atoms with van der Waals surface area (Å²) < 4.78 is 100. The number of likely N-dealkylation sites (tertiary alicyclic amines) is 1. The Hall–Kier alpha value is -3.42. The van der Waals surface area contributed by atoms with Crippen molar-refractivity contribution in [3.63, 3.8) is 0 Å². The van der Waals surface area contributed by atoms with Crippen LogP contribution in [0.1, 0.15) is 31.7 Å². The number of rotatable bonds is 8. The molecule has 0 bridgehead atoms. The summed E-state index contributed by atoms with van der Waals surface area (Å²) in [6, 6.07) is 3.26. The lowest BCUT2D eigenvalue weighted by atomic mass is 9.94. The first-order chi connectivity index (χ1) is 17.7. The average molecular weight is 565 g/mol. The van der Waals surface area contributed by atoms with Crippen LogP contribution in [0.25, 0.3) is 0 Å². The number of carboxylic acid groups (broad SMARTS) is 1. The summed E-state index contributed by atoms with van der Waals surface area (Å²) in [6.07, 6.45) is -4.70. The third-order valence-corrected chi connectivity index (χ3v) is 8.01. The quantitative estimate of drug-likeness (QED) is 0.458.